The van der Waals surface area contributed by atoms with Gasteiger partial charge in [0.05, 0.1) is 0 Å². The summed E-state index contributed by atoms with van der Waals surface area (Å²) in [6.45, 7) is 12.9. The van der Waals surface area contributed by atoms with Gasteiger partial charge < -0.3 is 9.80 Å². The molecule has 28 heavy (non-hydrogen) atoms. The molecule has 0 atom stereocenters. The Balaban J connectivity index is 1.47. The van der Waals surface area contributed by atoms with Gasteiger partial charge in [-0.2, -0.15) is 0 Å². The van der Waals surface area contributed by atoms with E-state index in [4.69, 9.17) is 0 Å². The fourth-order valence-electron chi connectivity index (χ4n) is 3.88. The lowest BCUT2D eigenvalue weighted by atomic mass is 10.1. The van der Waals surface area contributed by atoms with Crippen molar-refractivity contribution in [1.29, 1.82) is 0 Å². The Morgan fingerprint density at radius 3 is 2.36 bits per heavy atom. The van der Waals surface area contributed by atoms with Gasteiger partial charge in [-0.15, -0.1) is 0 Å². The van der Waals surface area contributed by atoms with Crippen molar-refractivity contribution in [3.8, 4) is 0 Å². The summed E-state index contributed by atoms with van der Waals surface area (Å²) in [5, 5.41) is 0. The predicted molar refractivity (Wildman–Crippen MR) is 117 cm³/mol. The van der Waals surface area contributed by atoms with E-state index in [0.29, 0.717) is 13.0 Å². The van der Waals surface area contributed by atoms with Crippen molar-refractivity contribution in [3.63, 3.8) is 0 Å². The van der Waals surface area contributed by atoms with Gasteiger partial charge in [-0.25, -0.2) is 0 Å². The first-order valence-electron chi connectivity index (χ1n) is 10.4. The Morgan fingerprint density at radius 2 is 1.68 bits per heavy atom. The second-order valence-corrected chi connectivity index (χ2v) is 7.69. The highest BCUT2D eigenvalue weighted by atomic mass is 16.2. The Labute approximate surface area is 169 Å². The minimum Gasteiger partial charge on any atom is -0.369 e. The molecule has 0 spiro atoms. The molecule has 0 N–H and O–H groups in total. The largest absolute Gasteiger partial charge is 0.369 e. The maximum atomic E-state index is 12.7. The number of carbonyl (C=O) groups excluding carboxylic acids is 1. The second-order valence-electron chi connectivity index (χ2n) is 7.69. The monoisotopic (exact) mass is 379 g/mol. The van der Waals surface area contributed by atoms with Crippen LogP contribution in [0.2, 0.25) is 0 Å². The summed E-state index contributed by atoms with van der Waals surface area (Å²) in [5.41, 5.74) is 5.28. The summed E-state index contributed by atoms with van der Waals surface area (Å²) >= 11 is 0. The van der Waals surface area contributed by atoms with Gasteiger partial charge in [0.2, 0.25) is 5.91 Å². The number of nitrogens with zero attached hydrogens (tertiary/aromatic N) is 3. The summed E-state index contributed by atoms with van der Waals surface area (Å²) < 4.78 is 0. The highest BCUT2D eigenvalue weighted by Gasteiger charge is 2.20. The van der Waals surface area contributed by atoms with Crippen LogP contribution in [0.25, 0.3) is 0 Å². The summed E-state index contributed by atoms with van der Waals surface area (Å²) in [6, 6.07) is 16.8. The number of piperazine rings is 1. The number of anilines is 1. The Morgan fingerprint density at radius 1 is 0.964 bits per heavy atom. The molecule has 2 aromatic rings. The van der Waals surface area contributed by atoms with Crippen molar-refractivity contribution in [2.24, 2.45) is 0 Å². The lowest BCUT2D eigenvalue weighted by Gasteiger charge is -2.37. The minimum absolute atomic E-state index is 0.253. The molecule has 3 rings (SSSR count). The zero-order valence-electron chi connectivity index (χ0n) is 17.5. The lowest BCUT2D eigenvalue weighted by molar-refractivity contribution is -0.132. The van der Waals surface area contributed by atoms with Crippen molar-refractivity contribution in [2.45, 2.75) is 33.7 Å². The topological polar surface area (TPSA) is 26.8 Å². The number of carbonyl (C=O) groups is 1. The number of rotatable bonds is 7. The predicted octanol–water partition coefficient (Wildman–Crippen LogP) is 3.86. The van der Waals surface area contributed by atoms with Crippen LogP contribution in [0.3, 0.4) is 0 Å². The SMILES string of the molecule is CCN(Cc1ccccc1)C(=O)CCN1CCN(c2cccc(C)c2C)CC1. The molecule has 0 aliphatic carbocycles. The molecule has 0 bridgehead atoms. The maximum Gasteiger partial charge on any atom is 0.224 e. The molecule has 0 aromatic heterocycles. The number of hydrogen-bond donors (Lipinski definition) is 0. The van der Waals surface area contributed by atoms with E-state index in [1.54, 1.807) is 0 Å². The third-order valence-electron chi connectivity index (χ3n) is 5.88. The molecule has 150 valence electrons. The molecule has 2 aromatic carbocycles. The second kappa shape index (κ2) is 9.74. The van der Waals surface area contributed by atoms with Gasteiger partial charge >= 0.3 is 0 Å². The molecule has 1 amide bonds. The van der Waals surface area contributed by atoms with Crippen LogP contribution in [0.4, 0.5) is 5.69 Å². The van der Waals surface area contributed by atoms with Gasteiger partial charge in [-0.3, -0.25) is 9.69 Å². The number of benzene rings is 2. The number of amides is 1. The van der Waals surface area contributed by atoms with E-state index in [1.807, 2.05) is 23.1 Å². The minimum atomic E-state index is 0.253. The van der Waals surface area contributed by atoms with Crippen LogP contribution in [0.15, 0.2) is 48.5 Å². The summed E-state index contributed by atoms with van der Waals surface area (Å²) in [5.74, 6) is 0.253. The summed E-state index contributed by atoms with van der Waals surface area (Å²) in [6.07, 6.45) is 0.601. The van der Waals surface area contributed by atoms with Crippen LogP contribution in [0, 0.1) is 13.8 Å². The molecule has 1 fully saturated rings. The summed E-state index contributed by atoms with van der Waals surface area (Å²) in [7, 11) is 0. The van der Waals surface area contributed by atoms with Gasteiger partial charge in [0.1, 0.15) is 0 Å². The highest BCUT2D eigenvalue weighted by Crippen LogP contribution is 2.23. The van der Waals surface area contributed by atoms with Crippen LogP contribution in [-0.2, 0) is 11.3 Å². The molecule has 0 unspecified atom stereocenters. The zero-order chi connectivity index (χ0) is 19.9. The van der Waals surface area contributed by atoms with E-state index >= 15 is 0 Å². The Hall–Kier alpha value is -2.33. The Kier molecular flexibility index (Phi) is 7.10. The van der Waals surface area contributed by atoms with Crippen molar-refractivity contribution in [3.05, 3.63) is 65.2 Å². The van der Waals surface area contributed by atoms with E-state index in [9.17, 15) is 4.79 Å². The summed E-state index contributed by atoms with van der Waals surface area (Å²) in [4.78, 5) is 19.5. The van der Waals surface area contributed by atoms with Gasteiger partial charge in [0.25, 0.3) is 0 Å². The van der Waals surface area contributed by atoms with E-state index < -0.39 is 0 Å². The highest BCUT2D eigenvalue weighted by molar-refractivity contribution is 5.76. The van der Waals surface area contributed by atoms with E-state index in [2.05, 4.69) is 60.9 Å². The molecule has 0 radical (unpaired) electrons. The number of aryl methyl sites for hydroxylation is 1. The molecule has 0 saturated carbocycles. The van der Waals surface area contributed by atoms with Crippen molar-refractivity contribution in [1.82, 2.24) is 9.80 Å². The first-order valence-corrected chi connectivity index (χ1v) is 10.4. The van der Waals surface area contributed by atoms with E-state index in [1.165, 1.54) is 22.4 Å². The van der Waals surface area contributed by atoms with Gasteiger partial charge in [0, 0.05) is 57.9 Å². The first-order chi connectivity index (χ1) is 13.6. The standard InChI is InChI=1S/C24H33N3O/c1-4-26(19-22-10-6-5-7-11-22)24(28)13-14-25-15-17-27(18-16-25)23-12-8-9-20(2)21(23)3/h5-12H,4,13-19H2,1-3H3. The molecular weight excluding hydrogens is 346 g/mol. The number of hydrogen-bond acceptors (Lipinski definition) is 3. The van der Waals surface area contributed by atoms with Crippen molar-refractivity contribution >= 4 is 11.6 Å². The molecular formula is C24H33N3O. The van der Waals surface area contributed by atoms with Gasteiger partial charge in [-0.1, -0.05) is 42.5 Å². The zero-order valence-corrected chi connectivity index (χ0v) is 17.5. The molecule has 1 saturated heterocycles. The van der Waals surface area contributed by atoms with E-state index in [0.717, 1.165) is 39.3 Å². The third-order valence-corrected chi connectivity index (χ3v) is 5.88. The fourth-order valence-corrected chi connectivity index (χ4v) is 3.88. The molecule has 4 nitrogen and oxygen atoms in total. The molecule has 1 aliphatic heterocycles. The van der Waals surface area contributed by atoms with Crippen molar-refractivity contribution < 1.29 is 4.79 Å². The maximum absolute atomic E-state index is 12.7. The lowest BCUT2D eigenvalue weighted by Crippen LogP contribution is -2.47. The van der Waals surface area contributed by atoms with Crippen LogP contribution in [0.1, 0.15) is 30.0 Å². The Bertz CT molecular complexity index is 767. The van der Waals surface area contributed by atoms with Gasteiger partial charge in [-0.05, 0) is 43.5 Å². The average Bonchev–Trinajstić information content (AvgIpc) is 2.73. The van der Waals surface area contributed by atoms with Crippen LogP contribution in [-0.4, -0.2) is 55.0 Å². The molecule has 4 heteroatoms. The van der Waals surface area contributed by atoms with Gasteiger partial charge in [0.15, 0.2) is 0 Å². The quantitative estimate of drug-likeness (QED) is 0.731. The normalized spacial score (nSPS) is 14.9. The fraction of sp³-hybridized carbons (Fsp3) is 0.458. The third kappa shape index (κ3) is 5.14. The smallest absolute Gasteiger partial charge is 0.224 e. The molecule has 1 aliphatic rings. The van der Waals surface area contributed by atoms with E-state index in [-0.39, 0.29) is 5.91 Å². The average molecular weight is 380 g/mol. The first kappa shape index (κ1) is 20.4. The van der Waals surface area contributed by atoms with Crippen LogP contribution in [0.5, 0.6) is 0 Å². The van der Waals surface area contributed by atoms with Crippen molar-refractivity contribution in [2.75, 3.05) is 44.2 Å². The van der Waals surface area contributed by atoms with Crippen LogP contribution < -0.4 is 4.90 Å². The van der Waals surface area contributed by atoms with Crippen LogP contribution >= 0.6 is 0 Å². The molecule has 1 heterocycles.